The zero-order valence-corrected chi connectivity index (χ0v) is 13.9. The molecular formula is C16H18FNO4S. The van der Waals surface area contributed by atoms with E-state index in [9.17, 15) is 12.8 Å². The highest BCUT2D eigenvalue weighted by molar-refractivity contribution is 7.89. The Morgan fingerprint density at radius 1 is 1.04 bits per heavy atom. The lowest BCUT2D eigenvalue weighted by atomic mass is 10.2. The summed E-state index contributed by atoms with van der Waals surface area (Å²) in [7, 11) is 0.774. The Labute approximate surface area is 135 Å². The Balaban J connectivity index is 2.30. The minimum Gasteiger partial charge on any atom is -0.497 e. The largest absolute Gasteiger partial charge is 0.497 e. The summed E-state index contributed by atoms with van der Waals surface area (Å²) in [5.74, 6) is 0.682. The third-order valence-electron chi connectivity index (χ3n) is 3.40. The molecule has 0 radical (unpaired) electrons. The van der Waals surface area contributed by atoms with Gasteiger partial charge in [0.25, 0.3) is 0 Å². The number of ether oxygens (including phenoxy) is 2. The molecule has 124 valence electrons. The number of benzene rings is 2. The molecule has 0 spiro atoms. The van der Waals surface area contributed by atoms with Crippen LogP contribution in [0.3, 0.4) is 0 Å². The van der Waals surface area contributed by atoms with Crippen molar-refractivity contribution in [1.82, 2.24) is 4.31 Å². The minimum absolute atomic E-state index is 0.0308. The Kier molecular flexibility index (Phi) is 5.23. The van der Waals surface area contributed by atoms with Crippen molar-refractivity contribution < 1.29 is 22.3 Å². The predicted molar refractivity (Wildman–Crippen MR) is 84.6 cm³/mol. The number of nitrogens with zero attached hydrogens (tertiary/aromatic N) is 1. The molecule has 0 aromatic heterocycles. The SMILES string of the molecule is COc1ccc(OC)c(CN(C)S(=O)(=O)c2ccc(F)cc2)c1. The minimum atomic E-state index is -3.73. The lowest BCUT2D eigenvalue weighted by Gasteiger charge is -2.19. The maximum absolute atomic E-state index is 13.0. The molecule has 0 unspecified atom stereocenters. The summed E-state index contributed by atoms with van der Waals surface area (Å²) in [6.07, 6.45) is 0. The van der Waals surface area contributed by atoms with Gasteiger partial charge < -0.3 is 9.47 Å². The van der Waals surface area contributed by atoms with Crippen molar-refractivity contribution in [2.75, 3.05) is 21.3 Å². The Bertz CT molecular complexity index is 775. The molecule has 0 amide bonds. The molecule has 0 saturated heterocycles. The number of hydrogen-bond acceptors (Lipinski definition) is 4. The van der Waals surface area contributed by atoms with Crippen LogP contribution in [0.15, 0.2) is 47.4 Å². The van der Waals surface area contributed by atoms with Crippen molar-refractivity contribution in [3.8, 4) is 11.5 Å². The van der Waals surface area contributed by atoms with Crippen molar-refractivity contribution in [1.29, 1.82) is 0 Å². The van der Waals surface area contributed by atoms with Crippen LogP contribution >= 0.6 is 0 Å². The molecule has 0 bridgehead atoms. The maximum Gasteiger partial charge on any atom is 0.243 e. The van der Waals surface area contributed by atoms with Crippen LogP contribution in [0.25, 0.3) is 0 Å². The number of methoxy groups -OCH3 is 2. The van der Waals surface area contributed by atoms with Gasteiger partial charge >= 0.3 is 0 Å². The molecule has 2 rings (SSSR count). The zero-order valence-electron chi connectivity index (χ0n) is 13.1. The van der Waals surface area contributed by atoms with Crippen LogP contribution < -0.4 is 9.47 Å². The van der Waals surface area contributed by atoms with E-state index in [4.69, 9.17) is 9.47 Å². The first-order valence-corrected chi connectivity index (χ1v) is 8.25. The van der Waals surface area contributed by atoms with Gasteiger partial charge in [-0.15, -0.1) is 0 Å². The highest BCUT2D eigenvalue weighted by Gasteiger charge is 2.22. The molecule has 7 heteroatoms. The molecule has 5 nitrogen and oxygen atoms in total. The molecule has 2 aromatic carbocycles. The summed E-state index contributed by atoms with van der Waals surface area (Å²) >= 11 is 0. The van der Waals surface area contributed by atoms with Crippen LogP contribution in [-0.2, 0) is 16.6 Å². The van der Waals surface area contributed by atoms with E-state index in [0.717, 1.165) is 12.1 Å². The third-order valence-corrected chi connectivity index (χ3v) is 5.22. The molecule has 0 fully saturated rings. The van der Waals surface area contributed by atoms with Gasteiger partial charge in [0.2, 0.25) is 10.0 Å². The first-order valence-electron chi connectivity index (χ1n) is 6.81. The number of rotatable bonds is 6. The van der Waals surface area contributed by atoms with Crippen LogP contribution in [0, 0.1) is 5.82 Å². The van der Waals surface area contributed by atoms with Crippen LogP contribution in [0.1, 0.15) is 5.56 Å². The van der Waals surface area contributed by atoms with E-state index < -0.39 is 15.8 Å². The smallest absolute Gasteiger partial charge is 0.243 e. The molecule has 2 aromatic rings. The molecule has 0 heterocycles. The van der Waals surface area contributed by atoms with Gasteiger partial charge in [0.05, 0.1) is 19.1 Å². The Morgan fingerprint density at radius 2 is 1.70 bits per heavy atom. The fraction of sp³-hybridized carbons (Fsp3) is 0.250. The van der Waals surface area contributed by atoms with Crippen LogP contribution in [0.2, 0.25) is 0 Å². The summed E-state index contributed by atoms with van der Waals surface area (Å²) in [4.78, 5) is 0.0308. The molecule has 0 aliphatic rings. The van der Waals surface area contributed by atoms with E-state index >= 15 is 0 Å². The lowest BCUT2D eigenvalue weighted by Crippen LogP contribution is -2.26. The van der Waals surface area contributed by atoms with E-state index in [-0.39, 0.29) is 11.4 Å². The van der Waals surface area contributed by atoms with Gasteiger partial charge in [-0.3, -0.25) is 0 Å². The second kappa shape index (κ2) is 6.97. The first-order chi connectivity index (χ1) is 10.9. The van der Waals surface area contributed by atoms with Crippen LogP contribution in [0.4, 0.5) is 4.39 Å². The van der Waals surface area contributed by atoms with E-state index in [1.54, 1.807) is 18.2 Å². The van der Waals surface area contributed by atoms with Crippen molar-refractivity contribution in [3.63, 3.8) is 0 Å². The Morgan fingerprint density at radius 3 is 2.26 bits per heavy atom. The average molecular weight is 339 g/mol. The van der Waals surface area contributed by atoms with Gasteiger partial charge in [-0.2, -0.15) is 4.31 Å². The number of hydrogen-bond donors (Lipinski definition) is 0. The van der Waals surface area contributed by atoms with Gasteiger partial charge in [0.1, 0.15) is 17.3 Å². The average Bonchev–Trinajstić information content (AvgIpc) is 2.55. The van der Waals surface area contributed by atoms with Crippen molar-refractivity contribution in [3.05, 3.63) is 53.8 Å². The zero-order chi connectivity index (χ0) is 17.0. The highest BCUT2D eigenvalue weighted by Crippen LogP contribution is 2.26. The van der Waals surface area contributed by atoms with Crippen molar-refractivity contribution >= 4 is 10.0 Å². The van der Waals surface area contributed by atoms with Crippen molar-refractivity contribution in [2.45, 2.75) is 11.4 Å². The standard InChI is InChI=1S/C16H18FNO4S/c1-18(23(19,20)15-7-4-13(17)5-8-15)11-12-10-14(21-2)6-9-16(12)22-3/h4-10H,11H2,1-3H3. The third kappa shape index (κ3) is 3.80. The summed E-state index contributed by atoms with van der Waals surface area (Å²) in [6, 6.07) is 9.88. The van der Waals surface area contributed by atoms with Gasteiger partial charge in [-0.1, -0.05) is 0 Å². The Hall–Kier alpha value is -2.12. The monoisotopic (exact) mass is 339 g/mol. The quantitative estimate of drug-likeness (QED) is 0.812. The van der Waals surface area contributed by atoms with Crippen LogP contribution in [0.5, 0.6) is 11.5 Å². The number of sulfonamides is 1. The van der Waals surface area contributed by atoms with Gasteiger partial charge in [0.15, 0.2) is 0 Å². The van der Waals surface area contributed by atoms with Gasteiger partial charge in [-0.05, 0) is 42.5 Å². The predicted octanol–water partition coefficient (Wildman–Crippen LogP) is 2.66. The number of halogens is 1. The van der Waals surface area contributed by atoms with E-state index in [2.05, 4.69) is 0 Å². The molecule has 0 aliphatic carbocycles. The maximum atomic E-state index is 13.0. The summed E-state index contributed by atoms with van der Waals surface area (Å²) in [6.45, 7) is 0.0973. The van der Waals surface area contributed by atoms with Crippen molar-refractivity contribution in [2.24, 2.45) is 0 Å². The van der Waals surface area contributed by atoms with Gasteiger partial charge in [-0.25, -0.2) is 12.8 Å². The summed E-state index contributed by atoms with van der Waals surface area (Å²) in [5, 5.41) is 0. The van der Waals surface area contributed by atoms with Gasteiger partial charge in [0, 0.05) is 19.2 Å². The van der Waals surface area contributed by atoms with E-state index in [0.29, 0.717) is 17.1 Å². The summed E-state index contributed by atoms with van der Waals surface area (Å²) in [5.41, 5.74) is 0.667. The summed E-state index contributed by atoms with van der Waals surface area (Å²) < 4.78 is 49.6. The second-order valence-electron chi connectivity index (χ2n) is 4.89. The van der Waals surface area contributed by atoms with Crippen LogP contribution in [-0.4, -0.2) is 34.0 Å². The molecule has 0 aliphatic heterocycles. The van der Waals surface area contributed by atoms with E-state index in [1.165, 1.54) is 37.7 Å². The fourth-order valence-electron chi connectivity index (χ4n) is 2.12. The first kappa shape index (κ1) is 17.2. The normalized spacial score (nSPS) is 11.5. The topological polar surface area (TPSA) is 55.8 Å². The molecule has 0 atom stereocenters. The van der Waals surface area contributed by atoms with E-state index in [1.807, 2.05) is 0 Å². The fourth-order valence-corrected chi connectivity index (χ4v) is 3.27. The highest BCUT2D eigenvalue weighted by atomic mass is 32.2. The molecule has 0 N–H and O–H groups in total. The second-order valence-corrected chi connectivity index (χ2v) is 6.94. The lowest BCUT2D eigenvalue weighted by molar-refractivity contribution is 0.389. The molecule has 0 saturated carbocycles. The molecule has 23 heavy (non-hydrogen) atoms. The molecular weight excluding hydrogens is 321 g/mol.